The van der Waals surface area contributed by atoms with Gasteiger partial charge in [0, 0.05) is 10.6 Å². The fourth-order valence-electron chi connectivity index (χ4n) is 1.41. The summed E-state index contributed by atoms with van der Waals surface area (Å²) in [5, 5.41) is 0. The largest absolute Gasteiger partial charge is 0.495 e. The maximum Gasteiger partial charge on any atom is 0.414 e. The number of benzene rings is 1. The summed E-state index contributed by atoms with van der Waals surface area (Å²) in [7, 11) is 3.26. The summed E-state index contributed by atoms with van der Waals surface area (Å²) >= 11 is 2.17. The Balaban J connectivity index is 3.03. The zero-order valence-corrected chi connectivity index (χ0v) is 13.4. The van der Waals surface area contributed by atoms with Crippen molar-refractivity contribution in [3.63, 3.8) is 0 Å². The van der Waals surface area contributed by atoms with Crippen LogP contribution in [0.25, 0.3) is 0 Å². The van der Waals surface area contributed by atoms with Gasteiger partial charge in [-0.3, -0.25) is 4.90 Å². The Morgan fingerprint density at radius 1 is 1.33 bits per heavy atom. The summed E-state index contributed by atoms with van der Waals surface area (Å²) < 4.78 is 11.5. The van der Waals surface area contributed by atoms with Crippen LogP contribution in [-0.4, -0.2) is 25.9 Å². The monoisotopic (exact) mass is 363 g/mol. The molecule has 5 heteroatoms. The van der Waals surface area contributed by atoms with Crippen LogP contribution < -0.4 is 9.64 Å². The van der Waals surface area contributed by atoms with Gasteiger partial charge in [-0.05, 0) is 55.5 Å². The molecular weight excluding hydrogens is 345 g/mol. The van der Waals surface area contributed by atoms with Gasteiger partial charge in [-0.15, -0.1) is 0 Å². The van der Waals surface area contributed by atoms with Gasteiger partial charge in [0.2, 0.25) is 0 Å². The number of methoxy groups -OCH3 is 1. The van der Waals surface area contributed by atoms with Crippen LogP contribution in [-0.2, 0) is 4.74 Å². The summed E-state index contributed by atoms with van der Waals surface area (Å²) in [6, 6.07) is 5.62. The van der Waals surface area contributed by atoms with Crippen molar-refractivity contribution in [1.82, 2.24) is 0 Å². The van der Waals surface area contributed by atoms with Crippen molar-refractivity contribution in [3.05, 3.63) is 21.8 Å². The summed E-state index contributed by atoms with van der Waals surface area (Å²) in [5.74, 6) is 0.648. The van der Waals surface area contributed by atoms with Gasteiger partial charge in [0.25, 0.3) is 0 Å². The number of hydrogen-bond donors (Lipinski definition) is 0. The molecule has 0 fully saturated rings. The van der Waals surface area contributed by atoms with E-state index in [2.05, 4.69) is 22.6 Å². The van der Waals surface area contributed by atoms with Crippen LogP contribution in [0.15, 0.2) is 18.2 Å². The molecule has 0 aromatic heterocycles. The van der Waals surface area contributed by atoms with Crippen molar-refractivity contribution in [3.8, 4) is 5.75 Å². The molecule has 1 amide bonds. The number of nitrogens with zero attached hydrogens (tertiary/aromatic N) is 1. The summed E-state index contributed by atoms with van der Waals surface area (Å²) in [6.07, 6.45) is -0.398. The topological polar surface area (TPSA) is 38.8 Å². The van der Waals surface area contributed by atoms with Gasteiger partial charge in [0.15, 0.2) is 0 Å². The Hall–Kier alpha value is -0.980. The van der Waals surface area contributed by atoms with E-state index in [0.29, 0.717) is 5.75 Å². The Bertz CT molecular complexity index is 440. The molecule has 4 nitrogen and oxygen atoms in total. The van der Waals surface area contributed by atoms with Crippen LogP contribution in [0.5, 0.6) is 5.75 Å². The third kappa shape index (κ3) is 3.76. The third-order valence-electron chi connectivity index (χ3n) is 2.17. The molecule has 0 atom stereocenters. The zero-order chi connectivity index (χ0) is 13.9. The molecule has 0 N–H and O–H groups in total. The predicted octanol–water partition coefficient (Wildman–Crippen LogP) is 3.67. The van der Waals surface area contributed by atoms with Gasteiger partial charge >= 0.3 is 6.09 Å². The highest BCUT2D eigenvalue weighted by Gasteiger charge is 2.23. The van der Waals surface area contributed by atoms with E-state index >= 15 is 0 Å². The number of carbonyl (C=O) groups excluding carboxylic acids is 1. The van der Waals surface area contributed by atoms with E-state index in [-0.39, 0.29) is 0 Å². The van der Waals surface area contributed by atoms with Crippen molar-refractivity contribution in [2.45, 2.75) is 26.4 Å². The summed E-state index contributed by atoms with van der Waals surface area (Å²) in [4.78, 5) is 13.5. The lowest BCUT2D eigenvalue weighted by atomic mass is 10.2. The van der Waals surface area contributed by atoms with Gasteiger partial charge in [-0.25, -0.2) is 4.79 Å². The van der Waals surface area contributed by atoms with Crippen molar-refractivity contribution in [1.29, 1.82) is 0 Å². The molecule has 0 aliphatic rings. The Morgan fingerprint density at radius 3 is 2.44 bits per heavy atom. The summed E-state index contributed by atoms with van der Waals surface area (Å²) in [6.45, 7) is 5.52. The average Bonchev–Trinajstić information content (AvgIpc) is 2.25. The van der Waals surface area contributed by atoms with Crippen LogP contribution in [0, 0.1) is 3.57 Å². The van der Waals surface area contributed by atoms with Gasteiger partial charge in [0.1, 0.15) is 17.0 Å². The SMILES string of the molecule is COc1cccc(I)c1N(C)C(=O)OC(C)(C)C. The normalized spacial score (nSPS) is 11.0. The van der Waals surface area contributed by atoms with E-state index in [0.717, 1.165) is 9.26 Å². The highest BCUT2D eigenvalue weighted by atomic mass is 127. The third-order valence-corrected chi connectivity index (χ3v) is 3.04. The Labute approximate surface area is 121 Å². The molecule has 1 aromatic rings. The number of para-hydroxylation sites is 1. The second kappa shape index (κ2) is 5.77. The molecular formula is C13H18INO3. The number of rotatable bonds is 2. The number of anilines is 1. The molecule has 0 aliphatic heterocycles. The van der Waals surface area contributed by atoms with Crippen molar-refractivity contribution >= 4 is 34.4 Å². The molecule has 1 aromatic carbocycles. The molecule has 0 unspecified atom stereocenters. The number of carbonyl (C=O) groups is 1. The molecule has 0 aliphatic carbocycles. The quantitative estimate of drug-likeness (QED) is 0.753. The lowest BCUT2D eigenvalue weighted by Gasteiger charge is -2.26. The lowest BCUT2D eigenvalue weighted by Crippen LogP contribution is -2.34. The first kappa shape index (κ1) is 15.1. The van der Waals surface area contributed by atoms with E-state index in [1.54, 1.807) is 14.2 Å². The van der Waals surface area contributed by atoms with Crippen LogP contribution in [0.4, 0.5) is 10.5 Å². The van der Waals surface area contributed by atoms with E-state index in [9.17, 15) is 4.79 Å². The Kier molecular flexibility index (Phi) is 4.84. The molecule has 0 spiro atoms. The molecule has 100 valence electrons. The van der Waals surface area contributed by atoms with E-state index in [4.69, 9.17) is 9.47 Å². The minimum absolute atomic E-state index is 0.398. The summed E-state index contributed by atoms with van der Waals surface area (Å²) in [5.41, 5.74) is 0.202. The Morgan fingerprint density at radius 2 is 1.94 bits per heavy atom. The lowest BCUT2D eigenvalue weighted by molar-refractivity contribution is 0.0588. The standard InChI is InChI=1S/C13H18INO3/c1-13(2,3)18-12(16)15(4)11-9(14)7-6-8-10(11)17-5/h6-8H,1-5H3. The molecule has 18 heavy (non-hydrogen) atoms. The predicted molar refractivity (Wildman–Crippen MR) is 80.3 cm³/mol. The highest BCUT2D eigenvalue weighted by molar-refractivity contribution is 14.1. The molecule has 0 saturated carbocycles. The van der Waals surface area contributed by atoms with Gasteiger partial charge in [-0.2, -0.15) is 0 Å². The first-order chi connectivity index (χ1) is 8.26. The van der Waals surface area contributed by atoms with Crippen molar-refractivity contribution in [2.24, 2.45) is 0 Å². The van der Waals surface area contributed by atoms with Crippen molar-refractivity contribution < 1.29 is 14.3 Å². The molecule has 1 rings (SSSR count). The number of halogens is 1. The van der Waals surface area contributed by atoms with Crippen LogP contribution >= 0.6 is 22.6 Å². The smallest absolute Gasteiger partial charge is 0.414 e. The first-order valence-corrected chi connectivity index (χ1v) is 6.63. The number of hydrogen-bond acceptors (Lipinski definition) is 3. The van der Waals surface area contributed by atoms with Crippen LogP contribution in [0.3, 0.4) is 0 Å². The number of ether oxygens (including phenoxy) is 2. The van der Waals surface area contributed by atoms with Gasteiger partial charge < -0.3 is 9.47 Å². The fraction of sp³-hybridized carbons (Fsp3) is 0.462. The van der Waals surface area contributed by atoms with Crippen molar-refractivity contribution in [2.75, 3.05) is 19.1 Å². The van der Waals surface area contributed by atoms with Gasteiger partial charge in [0.05, 0.1) is 7.11 Å². The molecule has 0 heterocycles. The number of amides is 1. The highest BCUT2D eigenvalue weighted by Crippen LogP contribution is 2.33. The molecule has 0 bridgehead atoms. The molecule has 0 radical (unpaired) electrons. The minimum Gasteiger partial charge on any atom is -0.495 e. The van der Waals surface area contributed by atoms with E-state index in [1.165, 1.54) is 4.90 Å². The van der Waals surface area contributed by atoms with Gasteiger partial charge in [-0.1, -0.05) is 6.07 Å². The van der Waals surface area contributed by atoms with Crippen LogP contribution in [0.1, 0.15) is 20.8 Å². The molecule has 0 saturated heterocycles. The maximum atomic E-state index is 12.0. The second-order valence-corrected chi connectivity index (χ2v) is 5.99. The van der Waals surface area contributed by atoms with E-state index in [1.807, 2.05) is 39.0 Å². The van der Waals surface area contributed by atoms with Crippen LogP contribution in [0.2, 0.25) is 0 Å². The second-order valence-electron chi connectivity index (χ2n) is 4.83. The maximum absolute atomic E-state index is 12.0. The zero-order valence-electron chi connectivity index (χ0n) is 11.3. The van der Waals surface area contributed by atoms with E-state index < -0.39 is 11.7 Å². The fourth-order valence-corrected chi connectivity index (χ4v) is 2.24. The average molecular weight is 363 g/mol. The minimum atomic E-state index is -0.515. The first-order valence-electron chi connectivity index (χ1n) is 5.55.